The van der Waals surface area contributed by atoms with E-state index in [1.807, 2.05) is 18.7 Å². The van der Waals surface area contributed by atoms with Crippen LogP contribution in [0.25, 0.3) is 0 Å². The first-order valence-electron chi connectivity index (χ1n) is 7.09. The number of carbonyl (C=O) groups excluding carboxylic acids is 1. The molecule has 3 saturated carbocycles. The maximum absolute atomic E-state index is 12.6. The number of rotatable bonds is 4. The molecule has 1 amide bonds. The third kappa shape index (κ3) is 1.77. The molecule has 3 aliphatic rings. The van der Waals surface area contributed by atoms with Crippen molar-refractivity contribution in [1.82, 2.24) is 4.90 Å². The molecule has 4 heteroatoms. The molecule has 0 spiro atoms. The second-order valence-electron chi connectivity index (χ2n) is 6.54. The summed E-state index contributed by atoms with van der Waals surface area (Å²) in [6, 6.07) is 0.193. The molecular formula is C14H22N2OS. The lowest BCUT2D eigenvalue weighted by atomic mass is 10.0. The Hall–Kier alpha value is -0.640. The number of nitrogens with zero attached hydrogens (tertiary/aromatic N) is 1. The Bertz CT molecular complexity index is 379. The van der Waals surface area contributed by atoms with Crippen LogP contribution in [0.3, 0.4) is 0 Å². The van der Waals surface area contributed by atoms with Gasteiger partial charge in [-0.05, 0) is 56.8 Å². The number of fused-ring (bicyclic) bond motifs is 5. The molecule has 3 rings (SSSR count). The number of hydrogen-bond donors (Lipinski definition) is 1. The number of carbonyl (C=O) groups is 1. The van der Waals surface area contributed by atoms with Gasteiger partial charge in [-0.2, -0.15) is 0 Å². The molecule has 0 aromatic rings. The van der Waals surface area contributed by atoms with Crippen LogP contribution < -0.4 is 5.73 Å². The van der Waals surface area contributed by atoms with Crippen molar-refractivity contribution in [2.45, 2.75) is 39.2 Å². The summed E-state index contributed by atoms with van der Waals surface area (Å²) in [6.07, 6.45) is 4.09. The highest BCUT2D eigenvalue weighted by Gasteiger charge is 2.68. The van der Waals surface area contributed by atoms with E-state index in [0.717, 1.165) is 11.8 Å². The number of thiocarbonyl (C=S) groups is 1. The summed E-state index contributed by atoms with van der Waals surface area (Å²) in [5.41, 5.74) is 5.61. The molecule has 18 heavy (non-hydrogen) atoms. The van der Waals surface area contributed by atoms with Gasteiger partial charge in [0, 0.05) is 12.0 Å². The molecule has 100 valence electrons. The number of amides is 1. The Morgan fingerprint density at radius 3 is 2.33 bits per heavy atom. The topological polar surface area (TPSA) is 46.3 Å². The van der Waals surface area contributed by atoms with Gasteiger partial charge < -0.3 is 10.6 Å². The Morgan fingerprint density at radius 2 is 1.89 bits per heavy atom. The largest absolute Gasteiger partial charge is 0.392 e. The maximum atomic E-state index is 12.6. The fourth-order valence-electron chi connectivity index (χ4n) is 4.53. The van der Waals surface area contributed by atoms with Gasteiger partial charge in [0.25, 0.3) is 0 Å². The first-order valence-corrected chi connectivity index (χ1v) is 7.50. The predicted molar refractivity (Wildman–Crippen MR) is 74.9 cm³/mol. The van der Waals surface area contributed by atoms with E-state index in [9.17, 15) is 4.79 Å². The van der Waals surface area contributed by atoms with Crippen LogP contribution in [0.4, 0.5) is 0 Å². The number of hydrogen-bond acceptors (Lipinski definition) is 2. The van der Waals surface area contributed by atoms with E-state index in [4.69, 9.17) is 18.0 Å². The Labute approximate surface area is 114 Å². The highest BCUT2D eigenvalue weighted by atomic mass is 32.1. The zero-order chi connectivity index (χ0) is 13.0. The molecule has 2 bridgehead atoms. The van der Waals surface area contributed by atoms with Crippen molar-refractivity contribution < 1.29 is 4.79 Å². The standard InChI is InChI=1S/C14H22N2OS/c1-7(2)16(6-10(15)18)14(17)13-11-8-3-4-9(5-8)12(11)13/h7-9,11-13H,3-6H2,1-2H3,(H2,15,18). The van der Waals surface area contributed by atoms with E-state index in [-0.39, 0.29) is 6.04 Å². The lowest BCUT2D eigenvalue weighted by Crippen LogP contribution is -2.43. The van der Waals surface area contributed by atoms with E-state index in [1.54, 1.807) is 0 Å². The van der Waals surface area contributed by atoms with Gasteiger partial charge in [-0.3, -0.25) is 4.79 Å². The lowest BCUT2D eigenvalue weighted by Gasteiger charge is -2.27. The van der Waals surface area contributed by atoms with Crippen molar-refractivity contribution >= 4 is 23.1 Å². The van der Waals surface area contributed by atoms with E-state index in [0.29, 0.717) is 35.2 Å². The summed E-state index contributed by atoms with van der Waals surface area (Å²) >= 11 is 4.96. The van der Waals surface area contributed by atoms with Crippen LogP contribution in [-0.2, 0) is 4.79 Å². The summed E-state index contributed by atoms with van der Waals surface area (Å²) in [4.78, 5) is 14.9. The predicted octanol–water partition coefficient (Wildman–Crippen LogP) is 1.80. The fraction of sp³-hybridized carbons (Fsp3) is 0.857. The Morgan fingerprint density at radius 1 is 1.33 bits per heavy atom. The molecule has 0 radical (unpaired) electrons. The van der Waals surface area contributed by atoms with Crippen LogP contribution in [-0.4, -0.2) is 28.4 Å². The van der Waals surface area contributed by atoms with Crippen LogP contribution in [0.5, 0.6) is 0 Å². The van der Waals surface area contributed by atoms with Crippen LogP contribution in [0, 0.1) is 29.6 Å². The van der Waals surface area contributed by atoms with Crippen molar-refractivity contribution in [2.75, 3.05) is 6.54 Å². The van der Waals surface area contributed by atoms with Crippen molar-refractivity contribution in [3.05, 3.63) is 0 Å². The molecular weight excluding hydrogens is 244 g/mol. The third-order valence-corrected chi connectivity index (χ3v) is 5.38. The van der Waals surface area contributed by atoms with Crippen LogP contribution in [0.1, 0.15) is 33.1 Å². The van der Waals surface area contributed by atoms with E-state index in [1.165, 1.54) is 19.3 Å². The van der Waals surface area contributed by atoms with Crippen molar-refractivity contribution in [3.8, 4) is 0 Å². The minimum atomic E-state index is 0.193. The van der Waals surface area contributed by atoms with Crippen LogP contribution in [0.15, 0.2) is 0 Å². The summed E-state index contributed by atoms with van der Waals surface area (Å²) in [5, 5.41) is 0. The first kappa shape index (κ1) is 12.4. The smallest absolute Gasteiger partial charge is 0.226 e. The summed E-state index contributed by atoms with van der Waals surface area (Å²) in [5.74, 6) is 3.69. The van der Waals surface area contributed by atoms with Gasteiger partial charge >= 0.3 is 0 Å². The average molecular weight is 266 g/mol. The molecule has 0 saturated heterocycles. The van der Waals surface area contributed by atoms with Gasteiger partial charge in [-0.25, -0.2) is 0 Å². The second-order valence-corrected chi connectivity index (χ2v) is 7.06. The molecule has 4 unspecified atom stereocenters. The zero-order valence-corrected chi connectivity index (χ0v) is 12.0. The monoisotopic (exact) mass is 266 g/mol. The van der Waals surface area contributed by atoms with Gasteiger partial charge in [0.05, 0.1) is 11.5 Å². The molecule has 3 fully saturated rings. The number of nitrogens with two attached hydrogens (primary N) is 1. The normalized spacial score (nSPS) is 39.8. The SMILES string of the molecule is CC(C)N(CC(N)=S)C(=O)C1C2C3CCC(C3)C12. The molecule has 0 aliphatic heterocycles. The lowest BCUT2D eigenvalue weighted by molar-refractivity contribution is -0.134. The van der Waals surface area contributed by atoms with E-state index >= 15 is 0 Å². The Kier molecular flexibility index (Phi) is 2.88. The van der Waals surface area contributed by atoms with Gasteiger partial charge in [0.15, 0.2) is 0 Å². The Balaban J connectivity index is 1.69. The first-order chi connectivity index (χ1) is 8.50. The van der Waals surface area contributed by atoms with Gasteiger partial charge in [-0.1, -0.05) is 12.2 Å². The molecule has 3 aliphatic carbocycles. The third-order valence-electron chi connectivity index (χ3n) is 5.25. The van der Waals surface area contributed by atoms with E-state index < -0.39 is 0 Å². The van der Waals surface area contributed by atoms with Gasteiger partial charge in [0.2, 0.25) is 5.91 Å². The van der Waals surface area contributed by atoms with Gasteiger partial charge in [0.1, 0.15) is 0 Å². The maximum Gasteiger partial charge on any atom is 0.226 e. The molecule has 3 nitrogen and oxygen atoms in total. The van der Waals surface area contributed by atoms with Gasteiger partial charge in [-0.15, -0.1) is 0 Å². The molecule has 4 atom stereocenters. The molecule has 0 aromatic heterocycles. The van der Waals surface area contributed by atoms with Crippen LogP contribution in [0.2, 0.25) is 0 Å². The molecule has 2 N–H and O–H groups in total. The summed E-state index contributed by atoms with van der Waals surface area (Å²) in [6.45, 7) is 4.53. The fourth-order valence-corrected chi connectivity index (χ4v) is 4.67. The summed E-state index contributed by atoms with van der Waals surface area (Å²) < 4.78 is 0. The summed E-state index contributed by atoms with van der Waals surface area (Å²) in [7, 11) is 0. The minimum Gasteiger partial charge on any atom is -0.392 e. The molecule has 0 heterocycles. The molecule has 0 aromatic carbocycles. The highest BCUT2D eigenvalue weighted by Crippen LogP contribution is 2.69. The van der Waals surface area contributed by atoms with Crippen molar-refractivity contribution in [3.63, 3.8) is 0 Å². The second kappa shape index (κ2) is 4.19. The van der Waals surface area contributed by atoms with Crippen LogP contribution >= 0.6 is 12.2 Å². The zero-order valence-electron chi connectivity index (χ0n) is 11.1. The van der Waals surface area contributed by atoms with Crippen molar-refractivity contribution in [1.29, 1.82) is 0 Å². The minimum absolute atomic E-state index is 0.193. The van der Waals surface area contributed by atoms with E-state index in [2.05, 4.69) is 0 Å². The average Bonchev–Trinajstić information content (AvgIpc) is 2.73. The quantitative estimate of drug-likeness (QED) is 0.789. The van der Waals surface area contributed by atoms with Crippen molar-refractivity contribution in [2.24, 2.45) is 35.3 Å². The highest BCUT2D eigenvalue weighted by molar-refractivity contribution is 7.80.